The lowest BCUT2D eigenvalue weighted by atomic mass is 10.2. The fourth-order valence-electron chi connectivity index (χ4n) is 1.61. The third-order valence-corrected chi connectivity index (χ3v) is 3.53. The van der Waals surface area contributed by atoms with Crippen LogP contribution in [0.25, 0.3) is 0 Å². The van der Waals surface area contributed by atoms with Gasteiger partial charge in [-0.05, 0) is 20.8 Å². The molecule has 0 aromatic heterocycles. The van der Waals surface area contributed by atoms with Crippen molar-refractivity contribution in [3.05, 3.63) is 0 Å². The first kappa shape index (κ1) is 17.1. The lowest BCUT2D eigenvalue weighted by Crippen LogP contribution is -2.45. The minimum atomic E-state index is -0.572. The van der Waals surface area contributed by atoms with Gasteiger partial charge in [0.15, 0.2) is 0 Å². The predicted octanol–water partition coefficient (Wildman–Crippen LogP) is 1.88. The van der Waals surface area contributed by atoms with Gasteiger partial charge in [-0.1, -0.05) is 0 Å². The summed E-state index contributed by atoms with van der Waals surface area (Å²) in [5.41, 5.74) is -0.572. The highest BCUT2D eigenvalue weighted by molar-refractivity contribution is 7.99. The van der Waals surface area contributed by atoms with Crippen LogP contribution < -0.4 is 0 Å². The van der Waals surface area contributed by atoms with E-state index in [2.05, 4.69) is 0 Å². The fraction of sp³-hybridized carbons (Fsp3) is 0.846. The first-order valence-electron chi connectivity index (χ1n) is 6.58. The molecule has 7 heteroatoms. The zero-order chi connectivity index (χ0) is 15.2. The number of methoxy groups -OCH3 is 1. The molecule has 0 radical (unpaired) electrons. The summed E-state index contributed by atoms with van der Waals surface area (Å²) < 4.78 is 15.3. The number of thioether (sulfide) groups is 1. The van der Waals surface area contributed by atoms with Crippen LogP contribution in [0.2, 0.25) is 0 Å². The molecule has 0 saturated carbocycles. The lowest BCUT2D eigenvalue weighted by molar-refractivity contribution is -0.148. The zero-order valence-corrected chi connectivity index (χ0v) is 13.3. The van der Waals surface area contributed by atoms with E-state index in [0.717, 1.165) is 0 Å². The third kappa shape index (κ3) is 5.58. The molecule has 0 N–H and O–H groups in total. The largest absolute Gasteiger partial charge is 0.464 e. The van der Waals surface area contributed by atoms with Crippen molar-refractivity contribution in [1.29, 1.82) is 0 Å². The van der Waals surface area contributed by atoms with Crippen LogP contribution in [-0.4, -0.2) is 60.6 Å². The Morgan fingerprint density at radius 1 is 1.30 bits per heavy atom. The van der Waals surface area contributed by atoms with Crippen molar-refractivity contribution in [1.82, 2.24) is 4.90 Å². The minimum absolute atomic E-state index is 0.302. The lowest BCUT2D eigenvalue weighted by Gasteiger charge is -2.27. The van der Waals surface area contributed by atoms with Gasteiger partial charge in [-0.15, -0.1) is 11.8 Å². The number of amides is 1. The van der Waals surface area contributed by atoms with E-state index in [-0.39, 0.29) is 5.97 Å². The molecule has 20 heavy (non-hydrogen) atoms. The Kier molecular flexibility index (Phi) is 6.61. The normalized spacial score (nSPS) is 19.0. The molecule has 116 valence electrons. The van der Waals surface area contributed by atoms with Gasteiger partial charge in [-0.3, -0.25) is 4.90 Å². The van der Waals surface area contributed by atoms with E-state index in [0.29, 0.717) is 31.3 Å². The van der Waals surface area contributed by atoms with E-state index in [1.807, 2.05) is 0 Å². The van der Waals surface area contributed by atoms with Crippen LogP contribution in [0.15, 0.2) is 0 Å². The number of hydrogen-bond donors (Lipinski definition) is 0. The average molecular weight is 305 g/mol. The van der Waals surface area contributed by atoms with Crippen molar-refractivity contribution in [3.63, 3.8) is 0 Å². The number of carbonyl (C=O) groups is 2. The summed E-state index contributed by atoms with van der Waals surface area (Å²) in [6, 6.07) is -0.558. The van der Waals surface area contributed by atoms with Gasteiger partial charge in [0.1, 0.15) is 11.6 Å². The first-order chi connectivity index (χ1) is 9.35. The molecular formula is C13H23NO5S. The number of rotatable bonds is 5. The zero-order valence-electron chi connectivity index (χ0n) is 12.5. The van der Waals surface area contributed by atoms with E-state index in [4.69, 9.17) is 14.2 Å². The van der Waals surface area contributed by atoms with Gasteiger partial charge in [0.25, 0.3) is 0 Å². The molecule has 1 rings (SSSR count). The Hall–Kier alpha value is -0.950. The SMILES string of the molecule is COCCCOC(=O)[C@H]1CSCN1C(=O)OC(C)(C)C. The second kappa shape index (κ2) is 7.73. The van der Waals surface area contributed by atoms with Crippen molar-refractivity contribution in [2.45, 2.75) is 38.8 Å². The van der Waals surface area contributed by atoms with Crippen molar-refractivity contribution in [2.75, 3.05) is 32.0 Å². The molecule has 0 aromatic rings. The van der Waals surface area contributed by atoms with Gasteiger partial charge < -0.3 is 14.2 Å². The maximum Gasteiger partial charge on any atom is 0.411 e. The summed E-state index contributed by atoms with van der Waals surface area (Å²) in [7, 11) is 1.60. The molecular weight excluding hydrogens is 282 g/mol. The highest BCUT2D eigenvalue weighted by atomic mass is 32.2. The van der Waals surface area contributed by atoms with Gasteiger partial charge in [-0.25, -0.2) is 9.59 Å². The highest BCUT2D eigenvalue weighted by Crippen LogP contribution is 2.24. The second-order valence-electron chi connectivity index (χ2n) is 5.48. The molecule has 1 heterocycles. The monoisotopic (exact) mass is 305 g/mol. The molecule has 1 aliphatic rings. The predicted molar refractivity (Wildman–Crippen MR) is 76.6 cm³/mol. The summed E-state index contributed by atoms with van der Waals surface area (Å²) in [5, 5.41) is 0. The number of hydrogen-bond acceptors (Lipinski definition) is 6. The molecule has 0 aliphatic carbocycles. The molecule has 0 unspecified atom stereocenters. The maximum absolute atomic E-state index is 12.0. The summed E-state index contributed by atoms with van der Waals surface area (Å²) in [4.78, 5) is 25.4. The van der Waals surface area contributed by atoms with Gasteiger partial charge in [0, 0.05) is 25.9 Å². The molecule has 1 amide bonds. The molecule has 0 bridgehead atoms. The van der Waals surface area contributed by atoms with Crippen LogP contribution in [0.4, 0.5) is 4.79 Å². The van der Waals surface area contributed by atoms with Gasteiger partial charge in [-0.2, -0.15) is 0 Å². The maximum atomic E-state index is 12.0. The van der Waals surface area contributed by atoms with Crippen LogP contribution in [0, 0.1) is 0 Å². The van der Waals surface area contributed by atoms with Crippen molar-refractivity contribution in [3.8, 4) is 0 Å². The third-order valence-electron chi connectivity index (χ3n) is 2.52. The summed E-state index contributed by atoms with van der Waals surface area (Å²) in [5.74, 6) is 0.617. The Morgan fingerprint density at radius 2 is 2.00 bits per heavy atom. The van der Waals surface area contributed by atoms with Crippen LogP contribution >= 0.6 is 11.8 Å². The van der Waals surface area contributed by atoms with Gasteiger partial charge in [0.05, 0.1) is 12.5 Å². The number of nitrogens with zero attached hydrogens (tertiary/aromatic N) is 1. The topological polar surface area (TPSA) is 65.1 Å². The molecule has 1 atom stereocenters. The minimum Gasteiger partial charge on any atom is -0.464 e. The van der Waals surface area contributed by atoms with E-state index in [1.54, 1.807) is 27.9 Å². The fourth-order valence-corrected chi connectivity index (χ4v) is 2.74. The van der Waals surface area contributed by atoms with Crippen molar-refractivity contribution < 1.29 is 23.8 Å². The molecule has 6 nitrogen and oxygen atoms in total. The highest BCUT2D eigenvalue weighted by Gasteiger charge is 2.38. The standard InChI is InChI=1S/C13H23NO5S/c1-13(2,3)19-12(16)14-9-20-8-10(14)11(15)18-7-5-6-17-4/h10H,5-9H2,1-4H3/t10-/m1/s1. The van der Waals surface area contributed by atoms with Crippen molar-refractivity contribution in [2.24, 2.45) is 0 Å². The molecule has 1 saturated heterocycles. The van der Waals surface area contributed by atoms with Gasteiger partial charge >= 0.3 is 12.1 Å². The quantitative estimate of drug-likeness (QED) is 0.571. The van der Waals surface area contributed by atoms with Crippen LogP contribution in [0.3, 0.4) is 0 Å². The molecule has 0 spiro atoms. The number of ether oxygens (including phenoxy) is 3. The van der Waals surface area contributed by atoms with E-state index >= 15 is 0 Å². The van der Waals surface area contributed by atoms with E-state index in [1.165, 1.54) is 16.7 Å². The molecule has 0 aromatic carbocycles. The Bertz CT molecular complexity index is 342. The van der Waals surface area contributed by atoms with Crippen LogP contribution in [-0.2, 0) is 19.0 Å². The number of carbonyl (C=O) groups excluding carboxylic acids is 2. The smallest absolute Gasteiger partial charge is 0.411 e. The summed E-state index contributed by atoms with van der Waals surface area (Å²) >= 11 is 1.52. The molecule has 1 aliphatic heterocycles. The number of esters is 1. The average Bonchev–Trinajstić information content (AvgIpc) is 2.81. The Labute approximate surface area is 124 Å². The first-order valence-corrected chi connectivity index (χ1v) is 7.73. The van der Waals surface area contributed by atoms with Crippen LogP contribution in [0.1, 0.15) is 27.2 Å². The summed E-state index contributed by atoms with van der Waals surface area (Å²) in [6.07, 6.45) is 0.176. The molecule has 1 fully saturated rings. The second-order valence-corrected chi connectivity index (χ2v) is 6.48. The Balaban J connectivity index is 2.47. The Morgan fingerprint density at radius 3 is 2.60 bits per heavy atom. The van der Waals surface area contributed by atoms with Crippen molar-refractivity contribution >= 4 is 23.8 Å². The van der Waals surface area contributed by atoms with E-state index in [9.17, 15) is 9.59 Å². The van der Waals surface area contributed by atoms with Crippen LogP contribution in [0.5, 0.6) is 0 Å². The summed E-state index contributed by atoms with van der Waals surface area (Å²) in [6.45, 7) is 6.24. The van der Waals surface area contributed by atoms with Gasteiger partial charge in [0.2, 0.25) is 0 Å². The van der Waals surface area contributed by atoms with E-state index < -0.39 is 17.7 Å².